The van der Waals surface area contributed by atoms with Crippen molar-refractivity contribution in [2.24, 2.45) is 5.14 Å². The summed E-state index contributed by atoms with van der Waals surface area (Å²) in [6, 6.07) is 6.07. The summed E-state index contributed by atoms with van der Waals surface area (Å²) in [5.41, 5.74) is 1.50. The third-order valence-electron chi connectivity index (χ3n) is 2.73. The number of hydrogen-bond donors (Lipinski definition) is 2. The van der Waals surface area contributed by atoms with Crippen LogP contribution in [0.5, 0.6) is 0 Å². The molecule has 0 spiro atoms. The number of halogens is 2. The minimum atomic E-state index is -3.76. The summed E-state index contributed by atoms with van der Waals surface area (Å²) in [4.78, 5) is 0.0138. The Morgan fingerprint density at radius 2 is 2.00 bits per heavy atom. The first-order valence-electron chi connectivity index (χ1n) is 5.60. The molecule has 0 aliphatic carbocycles. The number of hydrogen-bond acceptors (Lipinski definition) is 4. The Hall–Kier alpha value is -0.790. The van der Waals surface area contributed by atoms with Crippen molar-refractivity contribution in [2.75, 3.05) is 5.32 Å². The van der Waals surface area contributed by atoms with Crippen LogP contribution in [0.3, 0.4) is 0 Å². The standard InChI is InChI=1S/C12H12Cl2N2O2S2/c1-7(8-4-12(14)19-6-8)16-11-5-9(20(15,17)18)2-3-10(11)13/h2-7,16H,1H3,(H2,15,17,18). The highest BCUT2D eigenvalue weighted by Crippen LogP contribution is 2.31. The van der Waals surface area contributed by atoms with Crippen molar-refractivity contribution in [1.29, 1.82) is 0 Å². The molecule has 0 saturated carbocycles. The van der Waals surface area contributed by atoms with Gasteiger partial charge in [-0.1, -0.05) is 23.2 Å². The van der Waals surface area contributed by atoms with Gasteiger partial charge >= 0.3 is 0 Å². The highest BCUT2D eigenvalue weighted by atomic mass is 35.5. The van der Waals surface area contributed by atoms with Crippen molar-refractivity contribution >= 4 is 50.2 Å². The molecule has 0 aliphatic heterocycles. The molecular weight excluding hydrogens is 339 g/mol. The van der Waals surface area contributed by atoms with E-state index in [0.29, 0.717) is 15.0 Å². The molecule has 1 atom stereocenters. The van der Waals surface area contributed by atoms with E-state index in [0.717, 1.165) is 5.56 Å². The van der Waals surface area contributed by atoms with Crippen molar-refractivity contribution in [2.45, 2.75) is 17.9 Å². The van der Waals surface area contributed by atoms with E-state index in [1.54, 1.807) is 0 Å². The van der Waals surface area contributed by atoms with E-state index in [-0.39, 0.29) is 10.9 Å². The molecule has 2 rings (SSSR count). The molecule has 0 bridgehead atoms. The fourth-order valence-corrected chi connectivity index (χ4v) is 3.36. The number of anilines is 1. The van der Waals surface area contributed by atoms with Gasteiger partial charge in [0.25, 0.3) is 0 Å². The van der Waals surface area contributed by atoms with Crippen molar-refractivity contribution < 1.29 is 8.42 Å². The molecule has 1 aromatic carbocycles. The number of nitrogens with two attached hydrogens (primary N) is 1. The molecule has 1 heterocycles. The second-order valence-corrected chi connectivity index (χ2v) is 7.75. The third-order valence-corrected chi connectivity index (χ3v) is 5.08. The van der Waals surface area contributed by atoms with E-state index in [9.17, 15) is 8.42 Å². The van der Waals surface area contributed by atoms with Gasteiger partial charge in [-0.25, -0.2) is 13.6 Å². The number of benzene rings is 1. The first-order valence-corrected chi connectivity index (χ1v) is 8.78. The highest BCUT2D eigenvalue weighted by Gasteiger charge is 2.13. The summed E-state index contributed by atoms with van der Waals surface area (Å²) in [5, 5.41) is 10.6. The first kappa shape index (κ1) is 15.6. The van der Waals surface area contributed by atoms with E-state index in [4.69, 9.17) is 28.3 Å². The average molecular weight is 351 g/mol. The maximum Gasteiger partial charge on any atom is 0.238 e. The lowest BCUT2D eigenvalue weighted by molar-refractivity contribution is 0.598. The molecule has 2 aromatic rings. The lowest BCUT2D eigenvalue weighted by Gasteiger charge is -2.16. The van der Waals surface area contributed by atoms with Gasteiger partial charge in [-0.15, -0.1) is 11.3 Å². The van der Waals surface area contributed by atoms with Crippen molar-refractivity contribution in [3.05, 3.63) is 44.6 Å². The van der Waals surface area contributed by atoms with Crippen LogP contribution in [0.25, 0.3) is 0 Å². The number of thiophene rings is 1. The van der Waals surface area contributed by atoms with Gasteiger partial charge in [-0.2, -0.15) is 0 Å². The molecule has 0 saturated heterocycles. The topological polar surface area (TPSA) is 72.2 Å². The molecule has 8 heteroatoms. The Morgan fingerprint density at radius 1 is 1.30 bits per heavy atom. The molecule has 20 heavy (non-hydrogen) atoms. The molecule has 0 aliphatic rings. The smallest absolute Gasteiger partial charge is 0.238 e. The van der Waals surface area contributed by atoms with Crippen molar-refractivity contribution in [1.82, 2.24) is 0 Å². The van der Waals surface area contributed by atoms with Crippen LogP contribution in [0, 0.1) is 0 Å². The minimum Gasteiger partial charge on any atom is -0.377 e. The fourth-order valence-electron chi connectivity index (χ4n) is 1.66. The Morgan fingerprint density at radius 3 is 2.55 bits per heavy atom. The largest absolute Gasteiger partial charge is 0.377 e. The highest BCUT2D eigenvalue weighted by molar-refractivity contribution is 7.89. The lowest BCUT2D eigenvalue weighted by Crippen LogP contribution is -2.13. The zero-order chi connectivity index (χ0) is 14.9. The van der Waals surface area contributed by atoms with Crippen LogP contribution >= 0.6 is 34.5 Å². The number of rotatable bonds is 4. The molecule has 3 N–H and O–H groups in total. The minimum absolute atomic E-state index is 0.0138. The molecule has 0 radical (unpaired) electrons. The first-order chi connectivity index (χ1) is 9.27. The number of sulfonamides is 1. The predicted octanol–water partition coefficient (Wildman–Crippen LogP) is 3.88. The summed E-state index contributed by atoms with van der Waals surface area (Å²) in [6.07, 6.45) is 0. The maximum absolute atomic E-state index is 11.3. The van der Waals surface area contributed by atoms with Gasteiger partial charge < -0.3 is 5.32 Å². The maximum atomic E-state index is 11.3. The molecule has 108 valence electrons. The van der Waals surface area contributed by atoms with E-state index in [1.807, 2.05) is 18.4 Å². The van der Waals surface area contributed by atoms with E-state index < -0.39 is 10.0 Å². The van der Waals surface area contributed by atoms with Gasteiger partial charge in [0.15, 0.2) is 0 Å². The Bertz CT molecular complexity index is 729. The van der Waals surface area contributed by atoms with Crippen LogP contribution in [0.1, 0.15) is 18.5 Å². The Labute approximate surface area is 131 Å². The molecule has 1 unspecified atom stereocenters. The van der Waals surface area contributed by atoms with Crippen LogP contribution in [0.2, 0.25) is 9.36 Å². The van der Waals surface area contributed by atoms with Crippen LogP contribution < -0.4 is 10.5 Å². The quantitative estimate of drug-likeness (QED) is 0.878. The predicted molar refractivity (Wildman–Crippen MR) is 84.2 cm³/mol. The molecular formula is C12H12Cl2N2O2S2. The second kappa shape index (κ2) is 5.91. The fraction of sp³-hybridized carbons (Fsp3) is 0.167. The van der Waals surface area contributed by atoms with Gasteiger partial charge in [0.2, 0.25) is 10.0 Å². The second-order valence-electron chi connectivity index (χ2n) is 4.24. The molecule has 4 nitrogen and oxygen atoms in total. The summed E-state index contributed by atoms with van der Waals surface area (Å²) in [7, 11) is -3.76. The third kappa shape index (κ3) is 3.65. The number of primary sulfonamides is 1. The summed E-state index contributed by atoms with van der Waals surface area (Å²) in [6.45, 7) is 1.93. The van der Waals surface area contributed by atoms with E-state index in [1.165, 1.54) is 29.5 Å². The van der Waals surface area contributed by atoms with Crippen molar-refractivity contribution in [3.8, 4) is 0 Å². The lowest BCUT2D eigenvalue weighted by atomic mass is 10.1. The van der Waals surface area contributed by atoms with Gasteiger partial charge in [0, 0.05) is 6.04 Å². The molecule has 1 aromatic heterocycles. The summed E-state index contributed by atoms with van der Waals surface area (Å²) < 4.78 is 23.4. The SMILES string of the molecule is CC(Nc1cc(S(N)(=O)=O)ccc1Cl)c1csc(Cl)c1. The molecule has 0 amide bonds. The number of nitrogens with one attached hydrogen (secondary N) is 1. The van der Waals surface area contributed by atoms with Gasteiger partial charge in [-0.05, 0) is 42.1 Å². The normalized spacial score (nSPS) is 13.2. The van der Waals surface area contributed by atoms with Crippen LogP contribution in [0.15, 0.2) is 34.5 Å². The van der Waals surface area contributed by atoms with Gasteiger partial charge in [0.1, 0.15) is 0 Å². The Balaban J connectivity index is 2.29. The Kier molecular flexibility index (Phi) is 4.61. The summed E-state index contributed by atoms with van der Waals surface area (Å²) >= 11 is 13.4. The summed E-state index contributed by atoms with van der Waals surface area (Å²) in [5.74, 6) is 0. The van der Waals surface area contributed by atoms with Crippen LogP contribution in [0.4, 0.5) is 5.69 Å². The van der Waals surface area contributed by atoms with Crippen LogP contribution in [-0.2, 0) is 10.0 Å². The van der Waals surface area contributed by atoms with E-state index >= 15 is 0 Å². The van der Waals surface area contributed by atoms with Gasteiger partial charge in [-0.3, -0.25) is 0 Å². The zero-order valence-electron chi connectivity index (χ0n) is 10.4. The monoisotopic (exact) mass is 350 g/mol. The van der Waals surface area contributed by atoms with Crippen LogP contribution in [-0.4, -0.2) is 8.42 Å². The zero-order valence-corrected chi connectivity index (χ0v) is 13.6. The average Bonchev–Trinajstić information content (AvgIpc) is 2.77. The van der Waals surface area contributed by atoms with Gasteiger partial charge in [0.05, 0.1) is 19.9 Å². The van der Waals surface area contributed by atoms with E-state index in [2.05, 4.69) is 5.32 Å². The molecule has 0 fully saturated rings. The van der Waals surface area contributed by atoms with Crippen molar-refractivity contribution in [3.63, 3.8) is 0 Å².